The number of pyridine rings is 1. The van der Waals surface area contributed by atoms with Crippen LogP contribution in [-0.4, -0.2) is 22.3 Å². The number of aryl methyl sites for hydroxylation is 1. The molecule has 0 unspecified atom stereocenters. The van der Waals surface area contributed by atoms with Crippen molar-refractivity contribution in [3.05, 3.63) is 59.4 Å². The molecule has 1 heterocycles. The first-order chi connectivity index (χ1) is 9.60. The zero-order valence-corrected chi connectivity index (χ0v) is 11.8. The van der Waals surface area contributed by atoms with Gasteiger partial charge in [-0.2, -0.15) is 0 Å². The number of carbonyl (C=O) groups is 1. The van der Waals surface area contributed by atoms with E-state index in [0.717, 1.165) is 16.9 Å². The highest BCUT2D eigenvalue weighted by atomic mass is 16.2. The summed E-state index contributed by atoms with van der Waals surface area (Å²) >= 11 is 0. The fraction of sp³-hybridized carbons (Fsp3) is 0.250. The molecule has 2 rings (SSSR count). The third kappa shape index (κ3) is 3.35. The van der Waals surface area contributed by atoms with Crippen molar-refractivity contribution in [2.75, 3.05) is 12.3 Å². The Hall–Kier alpha value is -2.36. The zero-order chi connectivity index (χ0) is 14.5. The number of hydrogen-bond acceptors (Lipinski definition) is 3. The van der Waals surface area contributed by atoms with E-state index in [9.17, 15) is 4.79 Å². The lowest BCUT2D eigenvalue weighted by Gasteiger charge is -2.21. The molecule has 4 nitrogen and oxygen atoms in total. The number of amides is 1. The Morgan fingerprint density at radius 3 is 2.45 bits per heavy atom. The number of nitrogens with two attached hydrogens (primary N) is 1. The van der Waals surface area contributed by atoms with Crippen LogP contribution in [0.4, 0.5) is 5.69 Å². The van der Waals surface area contributed by atoms with Gasteiger partial charge < -0.3 is 10.6 Å². The van der Waals surface area contributed by atoms with Gasteiger partial charge in [-0.25, -0.2) is 0 Å². The van der Waals surface area contributed by atoms with Crippen molar-refractivity contribution in [1.29, 1.82) is 0 Å². The number of carbonyl (C=O) groups excluding carboxylic acids is 1. The smallest absolute Gasteiger partial charge is 0.255 e. The standard InChI is InChI=1S/C16H19N3O/c1-3-19(11-13-5-8-15(17)9-6-13)16(20)14-7-4-12(2)18-10-14/h4-10H,3,11,17H2,1-2H3. The quantitative estimate of drug-likeness (QED) is 0.868. The molecule has 2 aromatic rings. The summed E-state index contributed by atoms with van der Waals surface area (Å²) in [6.07, 6.45) is 1.63. The van der Waals surface area contributed by atoms with Gasteiger partial charge in [0, 0.05) is 30.7 Å². The highest BCUT2D eigenvalue weighted by Gasteiger charge is 2.14. The van der Waals surface area contributed by atoms with Gasteiger partial charge in [-0.05, 0) is 43.7 Å². The highest BCUT2D eigenvalue weighted by molar-refractivity contribution is 5.93. The van der Waals surface area contributed by atoms with Crippen molar-refractivity contribution in [2.45, 2.75) is 20.4 Å². The third-order valence-corrected chi connectivity index (χ3v) is 3.18. The van der Waals surface area contributed by atoms with Crippen LogP contribution < -0.4 is 5.73 Å². The molecule has 0 radical (unpaired) electrons. The monoisotopic (exact) mass is 269 g/mol. The van der Waals surface area contributed by atoms with Gasteiger partial charge in [0.1, 0.15) is 0 Å². The average molecular weight is 269 g/mol. The van der Waals surface area contributed by atoms with Crippen LogP contribution in [0.15, 0.2) is 42.6 Å². The van der Waals surface area contributed by atoms with E-state index >= 15 is 0 Å². The van der Waals surface area contributed by atoms with E-state index in [1.807, 2.05) is 50.2 Å². The van der Waals surface area contributed by atoms with E-state index in [1.165, 1.54) is 0 Å². The summed E-state index contributed by atoms with van der Waals surface area (Å²) < 4.78 is 0. The number of rotatable bonds is 4. The van der Waals surface area contributed by atoms with Gasteiger partial charge >= 0.3 is 0 Å². The maximum Gasteiger partial charge on any atom is 0.255 e. The van der Waals surface area contributed by atoms with Crippen molar-refractivity contribution in [3.8, 4) is 0 Å². The number of aromatic nitrogens is 1. The van der Waals surface area contributed by atoms with Gasteiger partial charge in [0.25, 0.3) is 5.91 Å². The zero-order valence-electron chi connectivity index (χ0n) is 11.8. The third-order valence-electron chi connectivity index (χ3n) is 3.18. The number of nitrogen functional groups attached to an aromatic ring is 1. The maximum atomic E-state index is 12.4. The fourth-order valence-electron chi connectivity index (χ4n) is 1.95. The molecule has 0 spiro atoms. The Kier molecular flexibility index (Phi) is 4.35. The number of anilines is 1. The SMILES string of the molecule is CCN(Cc1ccc(N)cc1)C(=O)c1ccc(C)nc1. The Labute approximate surface area is 119 Å². The van der Waals surface area contributed by atoms with Crippen LogP contribution in [0.3, 0.4) is 0 Å². The minimum Gasteiger partial charge on any atom is -0.399 e. The summed E-state index contributed by atoms with van der Waals surface area (Å²) in [5.41, 5.74) is 8.98. The maximum absolute atomic E-state index is 12.4. The molecule has 0 atom stereocenters. The molecule has 0 aliphatic rings. The molecule has 0 aliphatic carbocycles. The average Bonchev–Trinajstić information content (AvgIpc) is 2.47. The second-order valence-electron chi connectivity index (χ2n) is 4.75. The van der Waals surface area contributed by atoms with E-state index in [1.54, 1.807) is 11.1 Å². The Bertz CT molecular complexity index is 576. The summed E-state index contributed by atoms with van der Waals surface area (Å²) in [4.78, 5) is 18.4. The summed E-state index contributed by atoms with van der Waals surface area (Å²) in [6, 6.07) is 11.3. The Balaban J connectivity index is 2.13. The predicted molar refractivity (Wildman–Crippen MR) is 80.2 cm³/mol. The molecule has 0 aliphatic heterocycles. The summed E-state index contributed by atoms with van der Waals surface area (Å²) in [6.45, 7) is 5.09. The first-order valence-electron chi connectivity index (χ1n) is 6.66. The van der Waals surface area contributed by atoms with E-state index in [2.05, 4.69) is 4.98 Å². The molecule has 1 aromatic carbocycles. The van der Waals surface area contributed by atoms with Crippen LogP contribution in [0.5, 0.6) is 0 Å². The van der Waals surface area contributed by atoms with Crippen LogP contribution in [0.25, 0.3) is 0 Å². The van der Waals surface area contributed by atoms with E-state index < -0.39 is 0 Å². The van der Waals surface area contributed by atoms with Crippen molar-refractivity contribution in [2.24, 2.45) is 0 Å². The van der Waals surface area contributed by atoms with Crippen molar-refractivity contribution >= 4 is 11.6 Å². The van der Waals surface area contributed by atoms with Crippen LogP contribution in [-0.2, 0) is 6.54 Å². The van der Waals surface area contributed by atoms with Gasteiger partial charge in [-0.15, -0.1) is 0 Å². The second-order valence-corrected chi connectivity index (χ2v) is 4.75. The summed E-state index contributed by atoms with van der Waals surface area (Å²) in [7, 11) is 0. The number of benzene rings is 1. The predicted octanol–water partition coefficient (Wildman–Crippen LogP) is 2.63. The van der Waals surface area contributed by atoms with E-state index in [0.29, 0.717) is 18.7 Å². The van der Waals surface area contributed by atoms with Gasteiger partial charge in [-0.1, -0.05) is 12.1 Å². The molecule has 1 amide bonds. The summed E-state index contributed by atoms with van der Waals surface area (Å²) in [5, 5.41) is 0. The molecule has 0 saturated carbocycles. The lowest BCUT2D eigenvalue weighted by molar-refractivity contribution is 0.0752. The second kappa shape index (κ2) is 6.19. The largest absolute Gasteiger partial charge is 0.399 e. The van der Waals surface area contributed by atoms with Gasteiger partial charge in [-0.3, -0.25) is 9.78 Å². The first-order valence-corrected chi connectivity index (χ1v) is 6.66. The Morgan fingerprint density at radius 2 is 1.90 bits per heavy atom. The van der Waals surface area contributed by atoms with Crippen LogP contribution in [0.2, 0.25) is 0 Å². The normalized spacial score (nSPS) is 10.3. The number of nitrogens with zero attached hydrogens (tertiary/aromatic N) is 2. The van der Waals surface area contributed by atoms with Crippen molar-refractivity contribution < 1.29 is 4.79 Å². The summed E-state index contributed by atoms with van der Waals surface area (Å²) in [5.74, 6) is -0.00294. The molecule has 4 heteroatoms. The number of hydrogen-bond donors (Lipinski definition) is 1. The van der Waals surface area contributed by atoms with Crippen LogP contribution >= 0.6 is 0 Å². The van der Waals surface area contributed by atoms with E-state index in [4.69, 9.17) is 5.73 Å². The lowest BCUT2D eigenvalue weighted by Crippen LogP contribution is -2.30. The molecule has 20 heavy (non-hydrogen) atoms. The Morgan fingerprint density at radius 1 is 1.20 bits per heavy atom. The lowest BCUT2D eigenvalue weighted by atomic mass is 10.1. The first kappa shape index (κ1) is 14.1. The van der Waals surface area contributed by atoms with Gasteiger partial charge in [0.2, 0.25) is 0 Å². The molecule has 0 bridgehead atoms. The molecule has 0 saturated heterocycles. The topological polar surface area (TPSA) is 59.2 Å². The molecule has 1 aromatic heterocycles. The van der Waals surface area contributed by atoms with Crippen molar-refractivity contribution in [1.82, 2.24) is 9.88 Å². The van der Waals surface area contributed by atoms with Crippen LogP contribution in [0, 0.1) is 6.92 Å². The highest BCUT2D eigenvalue weighted by Crippen LogP contribution is 2.11. The van der Waals surface area contributed by atoms with Gasteiger partial charge in [0.05, 0.1) is 5.56 Å². The minimum atomic E-state index is -0.00294. The van der Waals surface area contributed by atoms with Gasteiger partial charge in [0.15, 0.2) is 0 Å². The molecular weight excluding hydrogens is 250 g/mol. The molecule has 104 valence electrons. The molecular formula is C16H19N3O. The van der Waals surface area contributed by atoms with E-state index in [-0.39, 0.29) is 5.91 Å². The molecule has 0 fully saturated rings. The molecule has 2 N–H and O–H groups in total. The minimum absolute atomic E-state index is 0.00294. The van der Waals surface area contributed by atoms with Crippen LogP contribution in [0.1, 0.15) is 28.5 Å². The van der Waals surface area contributed by atoms with Crippen molar-refractivity contribution in [3.63, 3.8) is 0 Å². The fourth-order valence-corrected chi connectivity index (χ4v) is 1.95.